The molecular formula is C26H42I2N2O4. The summed E-state index contributed by atoms with van der Waals surface area (Å²) >= 11 is 4.70. The van der Waals surface area contributed by atoms with Crippen molar-refractivity contribution in [1.82, 2.24) is 4.90 Å². The van der Waals surface area contributed by atoms with Crippen LogP contribution in [0.15, 0.2) is 17.1 Å². The molecule has 34 heavy (non-hydrogen) atoms. The zero-order chi connectivity index (χ0) is 25.6. The quantitative estimate of drug-likeness (QED) is 0.113. The normalized spacial score (nSPS) is 23.2. The second kappa shape index (κ2) is 12.9. The van der Waals surface area contributed by atoms with Crippen LogP contribution in [-0.2, 0) is 15.1 Å². The first kappa shape index (κ1) is 30.1. The summed E-state index contributed by atoms with van der Waals surface area (Å²) in [6.45, 7) is 12.8. The van der Waals surface area contributed by atoms with Gasteiger partial charge in [0.05, 0.1) is 32.3 Å². The number of alkyl halides is 2. The summed E-state index contributed by atoms with van der Waals surface area (Å²) in [5.74, 6) is 0.664. The molecular weight excluding hydrogens is 658 g/mol. The molecule has 1 aliphatic rings. The first-order chi connectivity index (χ1) is 15.9. The van der Waals surface area contributed by atoms with E-state index < -0.39 is 7.03 Å². The van der Waals surface area contributed by atoms with Gasteiger partial charge in [-0.1, -0.05) is 65.5 Å². The number of halogens is 2. The summed E-state index contributed by atoms with van der Waals surface area (Å²) in [5, 5.41) is 12.1. The average molecular weight is 700 g/mol. The lowest BCUT2D eigenvalue weighted by molar-refractivity contribution is -0.229. The SMILES string of the molecule is CCCC1OCC(C)(CCCC(O)(c2cc(C)c(/N=C/N(C)CC)cc2OC)C(C)(I)I)CO1. The van der Waals surface area contributed by atoms with Gasteiger partial charge in [0.1, 0.15) is 12.8 Å². The van der Waals surface area contributed by atoms with Crippen molar-refractivity contribution < 1.29 is 19.3 Å². The van der Waals surface area contributed by atoms with Gasteiger partial charge in [-0.2, -0.15) is 0 Å². The number of aliphatic hydroxyl groups is 1. The zero-order valence-electron chi connectivity index (χ0n) is 21.8. The van der Waals surface area contributed by atoms with Crippen molar-refractivity contribution in [1.29, 1.82) is 0 Å². The number of nitrogens with zero attached hydrogens (tertiary/aromatic N) is 2. The molecule has 1 aromatic rings. The largest absolute Gasteiger partial charge is 0.496 e. The minimum absolute atomic E-state index is 0.0397. The molecule has 1 aromatic carbocycles. The van der Waals surface area contributed by atoms with E-state index in [0.717, 1.165) is 49.0 Å². The Morgan fingerprint density at radius 1 is 1.29 bits per heavy atom. The molecule has 1 unspecified atom stereocenters. The molecule has 0 bridgehead atoms. The van der Waals surface area contributed by atoms with E-state index in [0.29, 0.717) is 25.4 Å². The van der Waals surface area contributed by atoms with E-state index in [9.17, 15) is 5.11 Å². The van der Waals surface area contributed by atoms with Gasteiger partial charge >= 0.3 is 0 Å². The summed E-state index contributed by atoms with van der Waals surface area (Å²) < 4.78 is 17.2. The third-order valence-electron chi connectivity index (χ3n) is 6.66. The zero-order valence-corrected chi connectivity index (χ0v) is 26.1. The molecule has 1 saturated heterocycles. The lowest BCUT2D eigenvalue weighted by Crippen LogP contribution is -2.42. The highest BCUT2D eigenvalue weighted by atomic mass is 127. The van der Waals surface area contributed by atoms with Crippen LogP contribution in [0.5, 0.6) is 5.75 Å². The first-order valence-corrected chi connectivity index (χ1v) is 14.3. The van der Waals surface area contributed by atoms with Crippen LogP contribution in [-0.4, -0.2) is 58.0 Å². The lowest BCUT2D eigenvalue weighted by Gasteiger charge is -2.41. The number of aliphatic imine (C=N–C) groups is 1. The molecule has 0 amide bonds. The average Bonchev–Trinajstić information content (AvgIpc) is 2.78. The molecule has 0 radical (unpaired) electrons. The highest BCUT2D eigenvalue weighted by Crippen LogP contribution is 2.52. The molecule has 1 aliphatic heterocycles. The van der Waals surface area contributed by atoms with E-state index in [4.69, 9.17) is 14.2 Å². The molecule has 1 fully saturated rings. The molecule has 0 aliphatic carbocycles. The minimum Gasteiger partial charge on any atom is -0.496 e. The smallest absolute Gasteiger partial charge is 0.157 e. The van der Waals surface area contributed by atoms with Gasteiger partial charge < -0.3 is 24.2 Å². The van der Waals surface area contributed by atoms with Crippen molar-refractivity contribution in [3.63, 3.8) is 0 Å². The van der Waals surface area contributed by atoms with Gasteiger partial charge in [-0.25, -0.2) is 4.99 Å². The molecule has 0 spiro atoms. The van der Waals surface area contributed by atoms with Crippen LogP contribution in [0.3, 0.4) is 0 Å². The van der Waals surface area contributed by atoms with Gasteiger partial charge in [-0.15, -0.1) is 0 Å². The number of methoxy groups -OCH3 is 1. The molecule has 6 nitrogen and oxygen atoms in total. The Labute approximate surface area is 233 Å². The fourth-order valence-electron chi connectivity index (χ4n) is 4.14. The maximum atomic E-state index is 12.1. The standard InChI is InChI=1S/C26H42I2N2O4/c1-8-11-23-33-16-24(4,17-34-23)12-10-13-26(31,25(5,27)28)20-14-19(3)21(15-22(20)32-7)29-18-30(6)9-2/h14-15,18,23,31H,8-13,16-17H2,1-7H3/b29-18+. The van der Waals surface area contributed by atoms with Crippen molar-refractivity contribution in [2.45, 2.75) is 80.0 Å². The Balaban J connectivity index is 2.24. The second-order valence-corrected chi connectivity index (χ2v) is 16.3. The molecule has 1 N–H and O–H groups in total. The van der Waals surface area contributed by atoms with Crippen LogP contribution in [0.2, 0.25) is 0 Å². The molecule has 1 heterocycles. The van der Waals surface area contributed by atoms with Gasteiger partial charge in [0.2, 0.25) is 0 Å². The number of ether oxygens (including phenoxy) is 3. The Morgan fingerprint density at radius 3 is 2.47 bits per heavy atom. The van der Waals surface area contributed by atoms with Crippen LogP contribution in [0.1, 0.15) is 70.9 Å². The predicted octanol–water partition coefficient (Wildman–Crippen LogP) is 6.74. The fraction of sp³-hybridized carbons (Fsp3) is 0.731. The van der Waals surface area contributed by atoms with Crippen LogP contribution < -0.4 is 4.74 Å². The number of rotatable bonds is 12. The van der Waals surface area contributed by atoms with Crippen molar-refractivity contribution in [3.8, 4) is 5.75 Å². The predicted molar refractivity (Wildman–Crippen MR) is 157 cm³/mol. The van der Waals surface area contributed by atoms with Crippen LogP contribution in [0.25, 0.3) is 0 Å². The van der Waals surface area contributed by atoms with E-state index in [1.54, 1.807) is 7.11 Å². The highest BCUT2D eigenvalue weighted by Gasteiger charge is 2.47. The third kappa shape index (κ3) is 7.66. The molecule has 194 valence electrons. The fourth-order valence-corrected chi connectivity index (χ4v) is 5.26. The monoisotopic (exact) mass is 700 g/mol. The summed E-state index contributed by atoms with van der Waals surface area (Å²) in [6, 6.07) is 3.98. The number of hydrogen-bond acceptors (Lipinski definition) is 5. The van der Waals surface area contributed by atoms with Crippen molar-refractivity contribution in [2.24, 2.45) is 10.4 Å². The summed E-state index contributed by atoms with van der Waals surface area (Å²) in [5.41, 5.74) is 1.55. The Morgan fingerprint density at radius 2 is 1.94 bits per heavy atom. The summed E-state index contributed by atoms with van der Waals surface area (Å²) in [4.78, 5) is 6.65. The topological polar surface area (TPSA) is 63.5 Å². The van der Waals surface area contributed by atoms with Gasteiger partial charge in [0, 0.05) is 30.6 Å². The van der Waals surface area contributed by atoms with Gasteiger partial charge in [-0.05, 0) is 58.1 Å². The molecule has 8 heteroatoms. The first-order valence-electron chi connectivity index (χ1n) is 12.2. The lowest BCUT2D eigenvalue weighted by atomic mass is 9.80. The number of aryl methyl sites for hydroxylation is 1. The van der Waals surface area contributed by atoms with Gasteiger partial charge in [-0.3, -0.25) is 0 Å². The maximum Gasteiger partial charge on any atom is 0.157 e. The van der Waals surface area contributed by atoms with Crippen molar-refractivity contribution in [2.75, 3.05) is 33.9 Å². The van der Waals surface area contributed by atoms with E-state index in [1.807, 2.05) is 37.3 Å². The van der Waals surface area contributed by atoms with Crippen molar-refractivity contribution in [3.05, 3.63) is 23.3 Å². The van der Waals surface area contributed by atoms with E-state index in [2.05, 4.69) is 77.9 Å². The maximum absolute atomic E-state index is 12.1. The van der Waals surface area contributed by atoms with Crippen LogP contribution in [0, 0.1) is 12.3 Å². The summed E-state index contributed by atoms with van der Waals surface area (Å²) in [7, 11) is 3.65. The minimum atomic E-state index is -1.08. The molecule has 2 rings (SSSR count). The number of hydrogen-bond donors (Lipinski definition) is 1. The Hall–Kier alpha value is -0.170. The van der Waals surface area contributed by atoms with Crippen LogP contribution >= 0.6 is 45.2 Å². The van der Waals surface area contributed by atoms with E-state index in [-0.39, 0.29) is 11.7 Å². The Kier molecular flexibility index (Phi) is 11.4. The second-order valence-electron chi connectivity index (χ2n) is 9.91. The van der Waals surface area contributed by atoms with Gasteiger partial charge in [0.15, 0.2) is 6.29 Å². The summed E-state index contributed by atoms with van der Waals surface area (Å²) in [6.07, 6.45) is 6.13. The van der Waals surface area contributed by atoms with Gasteiger partial charge in [0.25, 0.3) is 0 Å². The third-order valence-corrected chi connectivity index (χ3v) is 8.45. The highest BCUT2D eigenvalue weighted by molar-refractivity contribution is 14.2. The van der Waals surface area contributed by atoms with Crippen LogP contribution in [0.4, 0.5) is 5.69 Å². The van der Waals surface area contributed by atoms with E-state index >= 15 is 0 Å². The molecule has 1 atom stereocenters. The molecule has 0 saturated carbocycles. The van der Waals surface area contributed by atoms with E-state index in [1.165, 1.54) is 0 Å². The number of benzene rings is 1. The van der Waals surface area contributed by atoms with Crippen molar-refractivity contribution >= 4 is 57.2 Å². The molecule has 0 aromatic heterocycles. The Bertz CT molecular complexity index is 820.